The van der Waals surface area contributed by atoms with E-state index in [9.17, 15) is 14.9 Å². The number of carbonyl (C=O) groups is 1. The molecule has 0 aliphatic carbocycles. The standard InChI is InChI=1S/C21H26N6O2S/c1-6-11-26-18(29)15-9-7-8-10-16(15)27-19(26)24-25-20(27)30-14(4)17(28)23-21(5,12-22)13(2)3/h7-10,13-14H,6,11H2,1-5H3,(H,23,28). The van der Waals surface area contributed by atoms with Gasteiger partial charge >= 0.3 is 0 Å². The van der Waals surface area contributed by atoms with Gasteiger partial charge in [0.2, 0.25) is 11.7 Å². The fraction of sp³-hybridized carbons (Fsp3) is 0.476. The summed E-state index contributed by atoms with van der Waals surface area (Å²) in [6.45, 7) is 9.80. The second kappa shape index (κ2) is 8.48. The van der Waals surface area contributed by atoms with Crippen molar-refractivity contribution in [2.24, 2.45) is 5.92 Å². The lowest BCUT2D eigenvalue weighted by Gasteiger charge is -2.28. The molecule has 0 saturated carbocycles. The van der Waals surface area contributed by atoms with Gasteiger partial charge in [-0.3, -0.25) is 18.6 Å². The molecule has 2 unspecified atom stereocenters. The average Bonchev–Trinajstić information content (AvgIpc) is 3.14. The third-order valence-electron chi connectivity index (χ3n) is 5.35. The van der Waals surface area contributed by atoms with E-state index in [1.165, 1.54) is 11.8 Å². The Hall–Kier alpha value is -2.86. The van der Waals surface area contributed by atoms with Gasteiger partial charge in [-0.25, -0.2) is 0 Å². The van der Waals surface area contributed by atoms with E-state index in [0.29, 0.717) is 28.4 Å². The van der Waals surface area contributed by atoms with Gasteiger partial charge in [-0.2, -0.15) is 5.26 Å². The lowest BCUT2D eigenvalue weighted by atomic mass is 9.90. The number of rotatable bonds is 7. The number of nitriles is 1. The van der Waals surface area contributed by atoms with Crippen molar-refractivity contribution >= 4 is 34.3 Å². The summed E-state index contributed by atoms with van der Waals surface area (Å²) in [5.41, 5.74) is -0.349. The van der Waals surface area contributed by atoms with Gasteiger partial charge in [-0.15, -0.1) is 10.2 Å². The number of amides is 1. The Morgan fingerprint density at radius 2 is 2.00 bits per heavy atom. The van der Waals surface area contributed by atoms with Gasteiger partial charge in [0.15, 0.2) is 5.16 Å². The van der Waals surface area contributed by atoms with Gasteiger partial charge in [0.1, 0.15) is 5.54 Å². The van der Waals surface area contributed by atoms with Crippen LogP contribution in [-0.2, 0) is 11.3 Å². The van der Waals surface area contributed by atoms with Crippen molar-refractivity contribution in [3.05, 3.63) is 34.6 Å². The summed E-state index contributed by atoms with van der Waals surface area (Å²) in [5.74, 6) is 0.172. The molecule has 2 heterocycles. The minimum atomic E-state index is -0.951. The molecule has 3 aromatic rings. The van der Waals surface area contributed by atoms with E-state index in [0.717, 1.165) is 6.42 Å². The van der Waals surface area contributed by atoms with Crippen LogP contribution < -0.4 is 10.9 Å². The lowest BCUT2D eigenvalue weighted by molar-refractivity contribution is -0.121. The molecule has 3 rings (SSSR count). The molecule has 0 spiro atoms. The monoisotopic (exact) mass is 426 g/mol. The number of para-hydroxylation sites is 1. The van der Waals surface area contributed by atoms with Gasteiger partial charge in [-0.1, -0.05) is 44.7 Å². The van der Waals surface area contributed by atoms with E-state index < -0.39 is 10.8 Å². The number of nitrogens with zero attached hydrogens (tertiary/aromatic N) is 5. The molecule has 0 bridgehead atoms. The summed E-state index contributed by atoms with van der Waals surface area (Å²) in [6.07, 6.45) is 0.782. The largest absolute Gasteiger partial charge is 0.337 e. The number of aromatic nitrogens is 4. The summed E-state index contributed by atoms with van der Waals surface area (Å²) in [6, 6.07) is 9.51. The molecule has 1 N–H and O–H groups in total. The summed E-state index contributed by atoms with van der Waals surface area (Å²) >= 11 is 1.25. The Morgan fingerprint density at radius 1 is 1.30 bits per heavy atom. The van der Waals surface area contributed by atoms with E-state index in [-0.39, 0.29) is 17.4 Å². The normalized spacial score (nSPS) is 14.6. The van der Waals surface area contributed by atoms with Crippen LogP contribution in [0.4, 0.5) is 0 Å². The van der Waals surface area contributed by atoms with Crippen LogP contribution in [0.2, 0.25) is 0 Å². The molecule has 0 aliphatic heterocycles. The van der Waals surface area contributed by atoms with E-state index in [1.54, 1.807) is 24.5 Å². The van der Waals surface area contributed by atoms with Crippen LogP contribution in [0.15, 0.2) is 34.2 Å². The highest BCUT2D eigenvalue weighted by molar-refractivity contribution is 8.00. The number of hydrogen-bond donors (Lipinski definition) is 1. The summed E-state index contributed by atoms with van der Waals surface area (Å²) in [7, 11) is 0. The molecule has 2 atom stereocenters. The van der Waals surface area contributed by atoms with Crippen molar-refractivity contribution in [3.63, 3.8) is 0 Å². The summed E-state index contributed by atoms with van der Waals surface area (Å²) in [4.78, 5) is 25.7. The maximum absolute atomic E-state index is 12.9. The molecule has 0 saturated heterocycles. The fourth-order valence-electron chi connectivity index (χ4n) is 3.11. The van der Waals surface area contributed by atoms with Crippen molar-refractivity contribution in [1.82, 2.24) is 24.5 Å². The number of thioether (sulfide) groups is 1. The Bertz CT molecular complexity index is 1190. The maximum Gasteiger partial charge on any atom is 0.262 e. The second-order valence-corrected chi connectivity index (χ2v) is 9.12. The van der Waals surface area contributed by atoms with Crippen LogP contribution >= 0.6 is 11.8 Å². The van der Waals surface area contributed by atoms with Gasteiger partial charge in [0.05, 0.1) is 22.2 Å². The van der Waals surface area contributed by atoms with E-state index in [4.69, 9.17) is 0 Å². The SMILES string of the molecule is CCCn1c(=O)c2ccccc2n2c(SC(C)C(=O)NC(C)(C#N)C(C)C)nnc12. The fourth-order valence-corrected chi connectivity index (χ4v) is 3.96. The number of fused-ring (bicyclic) bond motifs is 3. The molecule has 0 aliphatic rings. The van der Waals surface area contributed by atoms with Crippen molar-refractivity contribution in [2.45, 2.75) is 63.5 Å². The van der Waals surface area contributed by atoms with Crippen LogP contribution in [0.25, 0.3) is 16.7 Å². The first-order valence-corrected chi connectivity index (χ1v) is 10.9. The van der Waals surface area contributed by atoms with Gasteiger partial charge in [0, 0.05) is 6.54 Å². The zero-order valence-electron chi connectivity index (χ0n) is 17.8. The first-order chi connectivity index (χ1) is 14.2. The predicted molar refractivity (Wildman–Crippen MR) is 117 cm³/mol. The smallest absolute Gasteiger partial charge is 0.262 e. The number of aryl methyl sites for hydroxylation is 1. The highest BCUT2D eigenvalue weighted by atomic mass is 32.2. The first-order valence-electron chi connectivity index (χ1n) is 10.00. The minimum Gasteiger partial charge on any atom is -0.337 e. The van der Waals surface area contributed by atoms with Crippen molar-refractivity contribution in [1.29, 1.82) is 5.26 Å². The number of nitrogens with one attached hydrogen (secondary N) is 1. The number of benzene rings is 1. The zero-order valence-corrected chi connectivity index (χ0v) is 18.7. The maximum atomic E-state index is 12.9. The molecule has 0 fully saturated rings. The third kappa shape index (κ3) is 3.79. The Morgan fingerprint density at radius 3 is 2.63 bits per heavy atom. The Labute approximate surface area is 179 Å². The van der Waals surface area contributed by atoms with Crippen molar-refractivity contribution in [2.75, 3.05) is 0 Å². The van der Waals surface area contributed by atoms with Crippen LogP contribution in [0.1, 0.15) is 41.0 Å². The number of carbonyl (C=O) groups excluding carboxylic acids is 1. The van der Waals surface area contributed by atoms with Gasteiger partial charge in [-0.05, 0) is 38.3 Å². The van der Waals surface area contributed by atoms with E-state index >= 15 is 0 Å². The molecule has 158 valence electrons. The molecule has 30 heavy (non-hydrogen) atoms. The van der Waals surface area contributed by atoms with Crippen LogP contribution in [0.5, 0.6) is 0 Å². The van der Waals surface area contributed by atoms with Gasteiger partial charge in [0.25, 0.3) is 5.56 Å². The van der Waals surface area contributed by atoms with Crippen LogP contribution in [0, 0.1) is 17.2 Å². The first kappa shape index (κ1) is 21.8. The number of hydrogen-bond acceptors (Lipinski definition) is 6. The quantitative estimate of drug-likeness (QED) is 0.582. The molecule has 8 nitrogen and oxygen atoms in total. The highest BCUT2D eigenvalue weighted by Gasteiger charge is 2.32. The molecule has 1 amide bonds. The predicted octanol–water partition coefficient (Wildman–Crippen LogP) is 2.99. The topological polar surface area (TPSA) is 105 Å². The molecule has 9 heteroatoms. The highest BCUT2D eigenvalue weighted by Crippen LogP contribution is 2.26. The van der Waals surface area contributed by atoms with Crippen LogP contribution in [-0.4, -0.2) is 35.9 Å². The van der Waals surface area contributed by atoms with Crippen molar-refractivity contribution < 1.29 is 4.79 Å². The summed E-state index contributed by atoms with van der Waals surface area (Å²) in [5, 5.41) is 21.4. The Balaban J connectivity index is 2.03. The van der Waals surface area contributed by atoms with E-state index in [2.05, 4.69) is 21.6 Å². The molecule has 2 aromatic heterocycles. The van der Waals surface area contributed by atoms with Crippen molar-refractivity contribution in [3.8, 4) is 6.07 Å². The third-order valence-corrected chi connectivity index (χ3v) is 6.39. The van der Waals surface area contributed by atoms with Gasteiger partial charge < -0.3 is 5.32 Å². The van der Waals surface area contributed by atoms with Crippen LogP contribution in [0.3, 0.4) is 0 Å². The minimum absolute atomic E-state index is 0.0370. The summed E-state index contributed by atoms with van der Waals surface area (Å²) < 4.78 is 3.45. The Kier molecular flexibility index (Phi) is 6.17. The average molecular weight is 427 g/mol. The second-order valence-electron chi connectivity index (χ2n) is 7.81. The van der Waals surface area contributed by atoms with E-state index in [1.807, 2.05) is 43.4 Å². The lowest BCUT2D eigenvalue weighted by Crippen LogP contribution is -2.51. The molecule has 1 aromatic carbocycles. The zero-order chi connectivity index (χ0) is 22.1. The molecular formula is C21H26N6O2S. The molecular weight excluding hydrogens is 400 g/mol. The molecule has 0 radical (unpaired) electrons.